The molecule has 0 amide bonds. The van der Waals surface area contributed by atoms with Crippen molar-refractivity contribution in [2.45, 2.75) is 12.0 Å². The average molecular weight is 211 g/mol. The molecule has 1 aromatic carbocycles. The Morgan fingerprint density at radius 2 is 1.73 bits per heavy atom. The van der Waals surface area contributed by atoms with Crippen LogP contribution in [0.4, 0.5) is 0 Å². The molecular weight excluding hydrogens is 198 g/mol. The summed E-state index contributed by atoms with van der Waals surface area (Å²) in [6.45, 7) is -1.35. The van der Waals surface area contributed by atoms with E-state index in [4.69, 9.17) is 10.2 Å². The predicted octanol–water partition coefficient (Wildman–Crippen LogP) is 0.229. The van der Waals surface area contributed by atoms with E-state index < -0.39 is 23.7 Å². The summed E-state index contributed by atoms with van der Waals surface area (Å²) in [5.41, 5.74) is -0.959. The summed E-state index contributed by atoms with van der Waals surface area (Å²) in [6.07, 6.45) is 0.0217. The van der Waals surface area contributed by atoms with E-state index in [1.165, 1.54) is 0 Å². The van der Waals surface area contributed by atoms with Gasteiger partial charge in [0, 0.05) is 11.3 Å². The molecule has 0 saturated carbocycles. The molecule has 0 aliphatic rings. The first-order chi connectivity index (χ1) is 7.14. The molecule has 0 aliphatic carbocycles. The monoisotopic (exact) mass is 211 g/mol. The van der Waals surface area contributed by atoms with E-state index >= 15 is 0 Å². The van der Waals surface area contributed by atoms with Gasteiger partial charge in [0.1, 0.15) is 13.2 Å². The van der Waals surface area contributed by atoms with Crippen LogP contribution in [0.15, 0.2) is 30.3 Å². The largest absolute Gasteiger partial charge is 0.389 e. The van der Waals surface area contributed by atoms with E-state index in [1.54, 1.807) is 30.3 Å². The molecule has 0 atom stereocenters. The van der Waals surface area contributed by atoms with E-state index in [1.807, 2.05) is 0 Å². The molecule has 1 rings (SSSR count). The quantitative estimate of drug-likeness (QED) is 0.539. The van der Waals surface area contributed by atoms with Crippen LogP contribution in [0.5, 0.6) is 0 Å². The third kappa shape index (κ3) is 2.51. The number of aliphatic hydroxyl groups excluding tert-OH is 2. The fraction of sp³-hybridized carbons (Fsp3) is 0.400. The van der Waals surface area contributed by atoms with Crippen LogP contribution in [0.3, 0.4) is 0 Å². The Morgan fingerprint density at radius 3 is 2.13 bits per heavy atom. The van der Waals surface area contributed by atoms with Gasteiger partial charge in [-0.05, 0) is 5.56 Å². The number of aliphatic hydroxyl groups is 2. The summed E-state index contributed by atoms with van der Waals surface area (Å²) in [5.74, 6) is 0. The smallest absolute Gasteiger partial charge is 0.271 e. The highest BCUT2D eigenvalue weighted by Gasteiger charge is 2.41. The third-order valence-electron chi connectivity index (χ3n) is 2.35. The Kier molecular flexibility index (Phi) is 3.76. The van der Waals surface area contributed by atoms with Crippen molar-refractivity contribution in [1.82, 2.24) is 0 Å². The van der Waals surface area contributed by atoms with E-state index in [0.717, 1.165) is 5.56 Å². The first-order valence-corrected chi connectivity index (χ1v) is 4.55. The zero-order valence-electron chi connectivity index (χ0n) is 8.17. The van der Waals surface area contributed by atoms with Crippen LogP contribution in [-0.4, -0.2) is 33.9 Å². The maximum absolute atomic E-state index is 10.8. The molecule has 15 heavy (non-hydrogen) atoms. The van der Waals surface area contributed by atoms with Crippen molar-refractivity contribution in [2.24, 2.45) is 0 Å². The summed E-state index contributed by atoms with van der Waals surface area (Å²) in [4.78, 5) is 10.1. The van der Waals surface area contributed by atoms with Gasteiger partial charge in [-0.15, -0.1) is 0 Å². The van der Waals surface area contributed by atoms with Gasteiger partial charge in [0.2, 0.25) is 0 Å². The molecule has 0 radical (unpaired) electrons. The molecule has 0 heterocycles. The number of rotatable bonds is 5. The number of nitro groups is 1. The van der Waals surface area contributed by atoms with Crippen molar-refractivity contribution in [1.29, 1.82) is 0 Å². The fourth-order valence-corrected chi connectivity index (χ4v) is 1.32. The topological polar surface area (TPSA) is 83.6 Å². The molecule has 5 nitrogen and oxygen atoms in total. The van der Waals surface area contributed by atoms with Gasteiger partial charge < -0.3 is 10.2 Å². The lowest BCUT2D eigenvalue weighted by molar-refractivity contribution is -0.577. The SMILES string of the molecule is O=[N+]([O-])C(CO)(CO)Cc1ccccc1. The van der Waals surface area contributed by atoms with Crippen LogP contribution in [0, 0.1) is 10.1 Å². The van der Waals surface area contributed by atoms with Gasteiger partial charge in [0.15, 0.2) is 0 Å². The minimum absolute atomic E-state index is 0.0217. The van der Waals surface area contributed by atoms with Crippen LogP contribution in [0.2, 0.25) is 0 Å². The predicted molar refractivity (Wildman–Crippen MR) is 54.0 cm³/mol. The first-order valence-electron chi connectivity index (χ1n) is 4.55. The van der Waals surface area contributed by atoms with Crippen LogP contribution in [0.1, 0.15) is 5.56 Å². The summed E-state index contributed by atoms with van der Waals surface area (Å²) >= 11 is 0. The van der Waals surface area contributed by atoms with Gasteiger partial charge >= 0.3 is 0 Å². The van der Waals surface area contributed by atoms with Crippen molar-refractivity contribution < 1.29 is 15.1 Å². The molecule has 0 aliphatic heterocycles. The molecule has 0 unspecified atom stereocenters. The molecule has 0 saturated heterocycles. The Hall–Kier alpha value is -1.46. The van der Waals surface area contributed by atoms with Crippen LogP contribution < -0.4 is 0 Å². The second-order valence-electron chi connectivity index (χ2n) is 3.46. The average Bonchev–Trinajstić information content (AvgIpc) is 2.27. The van der Waals surface area contributed by atoms with Crippen molar-refractivity contribution in [3.8, 4) is 0 Å². The van der Waals surface area contributed by atoms with Crippen LogP contribution in [0.25, 0.3) is 0 Å². The standard InChI is InChI=1S/C10H13NO4/c12-7-10(8-13,11(14)15)6-9-4-2-1-3-5-9/h1-5,12-13H,6-8H2. The number of hydrogen-bond acceptors (Lipinski definition) is 4. The maximum Gasteiger partial charge on any atom is 0.271 e. The van der Waals surface area contributed by atoms with Gasteiger partial charge in [-0.2, -0.15) is 0 Å². The number of hydrogen-bond donors (Lipinski definition) is 2. The molecule has 0 bridgehead atoms. The van der Waals surface area contributed by atoms with Gasteiger partial charge in [-0.3, -0.25) is 10.1 Å². The van der Waals surface area contributed by atoms with Gasteiger partial charge in [0.25, 0.3) is 5.54 Å². The molecule has 82 valence electrons. The Morgan fingerprint density at radius 1 is 1.20 bits per heavy atom. The minimum atomic E-state index is -1.68. The minimum Gasteiger partial charge on any atom is -0.389 e. The summed E-state index contributed by atoms with van der Waals surface area (Å²) in [5, 5.41) is 28.8. The second kappa shape index (κ2) is 4.86. The molecule has 0 aromatic heterocycles. The highest BCUT2D eigenvalue weighted by molar-refractivity contribution is 5.17. The zero-order valence-corrected chi connectivity index (χ0v) is 8.17. The van der Waals surface area contributed by atoms with E-state index in [0.29, 0.717) is 0 Å². The van der Waals surface area contributed by atoms with Gasteiger partial charge in [0.05, 0.1) is 0 Å². The summed E-state index contributed by atoms with van der Waals surface area (Å²) in [6, 6.07) is 8.77. The highest BCUT2D eigenvalue weighted by atomic mass is 16.6. The van der Waals surface area contributed by atoms with Crippen LogP contribution >= 0.6 is 0 Å². The summed E-state index contributed by atoms with van der Waals surface area (Å²) < 4.78 is 0. The molecule has 2 N–H and O–H groups in total. The summed E-state index contributed by atoms with van der Waals surface area (Å²) in [7, 11) is 0. The number of nitrogens with zero attached hydrogens (tertiary/aromatic N) is 1. The Balaban J connectivity index is 2.89. The zero-order chi connectivity index (χ0) is 11.3. The molecule has 5 heteroatoms. The maximum atomic E-state index is 10.8. The fourth-order valence-electron chi connectivity index (χ4n) is 1.32. The lowest BCUT2D eigenvalue weighted by atomic mass is 9.93. The van der Waals surface area contributed by atoms with Crippen molar-refractivity contribution >= 4 is 0 Å². The van der Waals surface area contributed by atoms with Crippen molar-refractivity contribution in [2.75, 3.05) is 13.2 Å². The second-order valence-corrected chi connectivity index (χ2v) is 3.46. The molecule has 0 spiro atoms. The molecule has 0 fully saturated rings. The van der Waals surface area contributed by atoms with Crippen molar-refractivity contribution in [3.05, 3.63) is 46.0 Å². The Labute approximate surface area is 87.1 Å². The third-order valence-corrected chi connectivity index (χ3v) is 2.35. The molecular formula is C10H13NO4. The lowest BCUT2D eigenvalue weighted by Gasteiger charge is -2.20. The van der Waals surface area contributed by atoms with Gasteiger partial charge in [-0.25, -0.2) is 0 Å². The van der Waals surface area contributed by atoms with Crippen molar-refractivity contribution in [3.63, 3.8) is 0 Å². The highest BCUT2D eigenvalue weighted by Crippen LogP contribution is 2.16. The van der Waals surface area contributed by atoms with E-state index in [-0.39, 0.29) is 6.42 Å². The molecule has 1 aromatic rings. The lowest BCUT2D eigenvalue weighted by Crippen LogP contribution is -2.47. The Bertz CT molecular complexity index is 321. The normalized spacial score (nSPS) is 11.3. The van der Waals surface area contributed by atoms with Crippen LogP contribution in [-0.2, 0) is 6.42 Å². The van der Waals surface area contributed by atoms with Gasteiger partial charge in [-0.1, -0.05) is 30.3 Å². The van der Waals surface area contributed by atoms with E-state index in [2.05, 4.69) is 0 Å². The first kappa shape index (κ1) is 11.6. The van der Waals surface area contributed by atoms with E-state index in [9.17, 15) is 10.1 Å². The number of benzene rings is 1.